The van der Waals surface area contributed by atoms with E-state index in [-0.39, 0.29) is 23.9 Å². The molecule has 76 valence electrons. The normalized spacial score (nSPS) is 9.86. The number of hydrogen-bond acceptors (Lipinski definition) is 4. The van der Waals surface area contributed by atoms with E-state index in [0.717, 1.165) is 0 Å². The van der Waals surface area contributed by atoms with Crippen LogP contribution in [0.3, 0.4) is 0 Å². The first kappa shape index (κ1) is 10.3. The Morgan fingerprint density at radius 1 is 1.57 bits per heavy atom. The van der Waals surface area contributed by atoms with Crippen LogP contribution in [0.5, 0.6) is 0 Å². The molecule has 3 N–H and O–H groups in total. The highest BCUT2D eigenvalue weighted by Crippen LogP contribution is 2.14. The molecule has 5 heteroatoms. The number of aromatic amines is 1. The molecule has 0 atom stereocenters. The lowest BCUT2D eigenvalue weighted by Gasteiger charge is -1.96. The van der Waals surface area contributed by atoms with E-state index >= 15 is 0 Å². The third kappa shape index (κ3) is 1.93. The van der Waals surface area contributed by atoms with E-state index in [2.05, 4.69) is 4.98 Å². The summed E-state index contributed by atoms with van der Waals surface area (Å²) in [6.45, 7) is 3.37. The standard InChI is InChI=1S/C9H12N2O3/c1-3-14-9(13)7-4-6(5(2)12)8(10)11-7/h4,11H,3,10H2,1-2H3. The molecular weight excluding hydrogens is 184 g/mol. The van der Waals surface area contributed by atoms with Crippen LogP contribution in [0.4, 0.5) is 5.82 Å². The average Bonchev–Trinajstić information content (AvgIpc) is 2.48. The van der Waals surface area contributed by atoms with Gasteiger partial charge in [0.2, 0.25) is 0 Å². The second-order valence-electron chi connectivity index (χ2n) is 2.79. The lowest BCUT2D eigenvalue weighted by atomic mass is 10.2. The number of rotatable bonds is 3. The number of H-pyrrole nitrogens is 1. The number of anilines is 1. The van der Waals surface area contributed by atoms with Crippen molar-refractivity contribution in [2.24, 2.45) is 0 Å². The fourth-order valence-electron chi connectivity index (χ4n) is 1.08. The van der Waals surface area contributed by atoms with Crippen molar-refractivity contribution in [2.45, 2.75) is 13.8 Å². The smallest absolute Gasteiger partial charge is 0.354 e. The van der Waals surface area contributed by atoms with Crippen molar-refractivity contribution < 1.29 is 14.3 Å². The first-order chi connectivity index (χ1) is 6.56. The fraction of sp³-hybridized carbons (Fsp3) is 0.333. The van der Waals surface area contributed by atoms with Gasteiger partial charge in [0.15, 0.2) is 5.78 Å². The zero-order valence-electron chi connectivity index (χ0n) is 8.09. The maximum Gasteiger partial charge on any atom is 0.354 e. The van der Waals surface area contributed by atoms with E-state index in [1.807, 2.05) is 0 Å². The number of ketones is 1. The monoisotopic (exact) mass is 196 g/mol. The number of esters is 1. The third-order valence-corrected chi connectivity index (χ3v) is 1.72. The Bertz CT molecular complexity index is 368. The zero-order valence-corrected chi connectivity index (χ0v) is 8.09. The Labute approximate surface area is 81.2 Å². The Balaban J connectivity index is 2.96. The predicted molar refractivity (Wildman–Crippen MR) is 51.2 cm³/mol. The lowest BCUT2D eigenvalue weighted by Crippen LogP contribution is -2.04. The SMILES string of the molecule is CCOC(=O)c1cc(C(C)=O)c(N)[nH]1. The Hall–Kier alpha value is -1.78. The molecule has 0 aromatic carbocycles. The molecule has 0 radical (unpaired) electrons. The summed E-state index contributed by atoms with van der Waals surface area (Å²) in [5.41, 5.74) is 6.01. The van der Waals surface area contributed by atoms with Gasteiger partial charge in [0, 0.05) is 0 Å². The summed E-state index contributed by atoms with van der Waals surface area (Å²) in [6.07, 6.45) is 0. The summed E-state index contributed by atoms with van der Waals surface area (Å²) in [7, 11) is 0. The molecule has 0 bridgehead atoms. The fourth-order valence-corrected chi connectivity index (χ4v) is 1.08. The predicted octanol–water partition coefficient (Wildman–Crippen LogP) is 0.976. The first-order valence-corrected chi connectivity index (χ1v) is 4.22. The van der Waals surface area contributed by atoms with Crippen LogP contribution in [0, 0.1) is 0 Å². The molecule has 0 fully saturated rings. The van der Waals surface area contributed by atoms with Crippen LogP contribution in [0.25, 0.3) is 0 Å². The highest BCUT2D eigenvalue weighted by Gasteiger charge is 2.14. The summed E-state index contributed by atoms with van der Waals surface area (Å²) in [6, 6.07) is 1.40. The van der Waals surface area contributed by atoms with Gasteiger partial charge in [0.25, 0.3) is 0 Å². The van der Waals surface area contributed by atoms with Gasteiger partial charge in [0.05, 0.1) is 12.2 Å². The molecule has 0 saturated carbocycles. The number of carbonyl (C=O) groups excluding carboxylic acids is 2. The van der Waals surface area contributed by atoms with Crippen molar-refractivity contribution in [1.82, 2.24) is 4.98 Å². The van der Waals surface area contributed by atoms with Crippen LogP contribution in [0.15, 0.2) is 6.07 Å². The summed E-state index contributed by atoms with van der Waals surface area (Å²) in [4.78, 5) is 24.8. The van der Waals surface area contributed by atoms with Crippen molar-refractivity contribution in [2.75, 3.05) is 12.3 Å². The van der Waals surface area contributed by atoms with Gasteiger partial charge in [-0.2, -0.15) is 0 Å². The molecule has 14 heavy (non-hydrogen) atoms. The second kappa shape index (κ2) is 3.95. The van der Waals surface area contributed by atoms with E-state index in [9.17, 15) is 9.59 Å². The Morgan fingerprint density at radius 3 is 2.64 bits per heavy atom. The quantitative estimate of drug-likeness (QED) is 0.557. The minimum absolute atomic E-state index is 0.186. The molecule has 0 aliphatic heterocycles. The van der Waals surface area contributed by atoms with Gasteiger partial charge in [0.1, 0.15) is 11.5 Å². The van der Waals surface area contributed by atoms with E-state index in [4.69, 9.17) is 10.5 Å². The van der Waals surface area contributed by atoms with E-state index < -0.39 is 5.97 Å². The molecule has 0 spiro atoms. The van der Waals surface area contributed by atoms with Crippen molar-refractivity contribution in [1.29, 1.82) is 0 Å². The summed E-state index contributed by atoms with van der Waals surface area (Å²) >= 11 is 0. The number of nitrogens with one attached hydrogen (secondary N) is 1. The summed E-state index contributed by atoms with van der Waals surface area (Å²) in [5.74, 6) is -0.499. The lowest BCUT2D eigenvalue weighted by molar-refractivity contribution is 0.0520. The van der Waals surface area contributed by atoms with Crippen LogP contribution in [0.1, 0.15) is 34.7 Å². The van der Waals surface area contributed by atoms with Crippen LogP contribution >= 0.6 is 0 Å². The van der Waals surface area contributed by atoms with Crippen molar-refractivity contribution in [3.63, 3.8) is 0 Å². The number of nitrogens with two attached hydrogens (primary N) is 1. The van der Waals surface area contributed by atoms with Crippen LogP contribution in [-0.2, 0) is 4.74 Å². The Morgan fingerprint density at radius 2 is 2.21 bits per heavy atom. The zero-order chi connectivity index (χ0) is 10.7. The third-order valence-electron chi connectivity index (χ3n) is 1.72. The average molecular weight is 196 g/mol. The van der Waals surface area contributed by atoms with Gasteiger partial charge < -0.3 is 15.5 Å². The van der Waals surface area contributed by atoms with Gasteiger partial charge in [-0.15, -0.1) is 0 Å². The van der Waals surface area contributed by atoms with Gasteiger partial charge in [-0.1, -0.05) is 0 Å². The largest absolute Gasteiger partial charge is 0.461 e. The number of hydrogen-bond donors (Lipinski definition) is 2. The Kier molecular flexibility index (Phi) is 2.91. The first-order valence-electron chi connectivity index (χ1n) is 4.22. The minimum atomic E-state index is -0.508. The highest BCUT2D eigenvalue weighted by atomic mass is 16.5. The summed E-state index contributed by atoms with van der Waals surface area (Å²) < 4.78 is 4.74. The highest BCUT2D eigenvalue weighted by molar-refractivity contribution is 6.01. The van der Waals surface area contributed by atoms with E-state index in [1.54, 1.807) is 6.92 Å². The molecule has 0 saturated heterocycles. The van der Waals surface area contributed by atoms with Gasteiger partial charge in [-0.05, 0) is 19.9 Å². The molecule has 1 heterocycles. The van der Waals surface area contributed by atoms with Crippen molar-refractivity contribution in [3.05, 3.63) is 17.3 Å². The van der Waals surface area contributed by atoms with Gasteiger partial charge in [-0.25, -0.2) is 4.79 Å². The van der Waals surface area contributed by atoms with Crippen LogP contribution in [-0.4, -0.2) is 23.3 Å². The topological polar surface area (TPSA) is 85.2 Å². The molecule has 0 aliphatic carbocycles. The van der Waals surface area contributed by atoms with Crippen molar-refractivity contribution >= 4 is 17.6 Å². The molecule has 5 nitrogen and oxygen atoms in total. The number of nitrogen functional groups attached to an aromatic ring is 1. The summed E-state index contributed by atoms with van der Waals surface area (Å²) in [5, 5.41) is 0. The molecule has 1 aromatic heterocycles. The maximum absolute atomic E-state index is 11.2. The number of carbonyl (C=O) groups is 2. The molecule has 0 unspecified atom stereocenters. The van der Waals surface area contributed by atoms with E-state index in [1.165, 1.54) is 13.0 Å². The van der Waals surface area contributed by atoms with Gasteiger partial charge >= 0.3 is 5.97 Å². The minimum Gasteiger partial charge on any atom is -0.461 e. The van der Waals surface area contributed by atoms with E-state index in [0.29, 0.717) is 5.56 Å². The number of Topliss-reactive ketones (excluding diaryl/α,β-unsaturated/α-hetero) is 1. The van der Waals surface area contributed by atoms with Crippen molar-refractivity contribution in [3.8, 4) is 0 Å². The molecule has 0 amide bonds. The number of ether oxygens (including phenoxy) is 1. The molecule has 0 aliphatic rings. The van der Waals surface area contributed by atoms with Crippen LogP contribution < -0.4 is 5.73 Å². The van der Waals surface area contributed by atoms with Crippen LogP contribution in [0.2, 0.25) is 0 Å². The molecule has 1 rings (SSSR count). The number of aromatic nitrogens is 1. The second-order valence-corrected chi connectivity index (χ2v) is 2.79. The van der Waals surface area contributed by atoms with Gasteiger partial charge in [-0.3, -0.25) is 4.79 Å². The molecular formula is C9H12N2O3. The maximum atomic E-state index is 11.2. The molecule has 1 aromatic rings.